The average Bonchev–Trinajstić information content (AvgIpc) is 3.45. The SMILES string of the molecule is CC.CC.CC[N+](CCCS(=O)(=O)O)=c1ccc2c(C(C)(C)C)cc(/C=C/C=C3/N(CCCCCC(=O)O)c4cccc(C(=O)NCCOC)c4C3(C)CCCS(=O)(=O)O)oc-2c1. The lowest BCUT2D eigenvalue weighted by Gasteiger charge is -2.31. The molecular formula is C47H72N3O11S2+. The summed E-state index contributed by atoms with van der Waals surface area (Å²) in [4.78, 5) is 27.1. The van der Waals surface area contributed by atoms with Crippen LogP contribution in [0.3, 0.4) is 0 Å². The molecule has 2 aliphatic heterocycles. The summed E-state index contributed by atoms with van der Waals surface area (Å²) >= 11 is 0. The lowest BCUT2D eigenvalue weighted by molar-refractivity contribution is -0.137. The smallest absolute Gasteiger partial charge is 0.303 e. The van der Waals surface area contributed by atoms with Crippen LogP contribution >= 0.6 is 0 Å². The number of nitrogens with zero attached hydrogens (tertiary/aromatic N) is 2. The summed E-state index contributed by atoms with van der Waals surface area (Å²) in [6, 6.07) is 13.4. The number of hydrogen-bond donors (Lipinski definition) is 4. The number of carboxylic acids is 1. The number of hydrogen-bond acceptors (Lipinski definition) is 9. The summed E-state index contributed by atoms with van der Waals surface area (Å²) in [6.45, 7) is 20.4. The minimum atomic E-state index is -4.27. The highest BCUT2D eigenvalue weighted by molar-refractivity contribution is 7.86. The molecule has 352 valence electrons. The van der Waals surface area contributed by atoms with Gasteiger partial charge >= 0.3 is 5.97 Å². The van der Waals surface area contributed by atoms with Crippen molar-refractivity contribution < 1.29 is 49.8 Å². The molecule has 4 rings (SSSR count). The van der Waals surface area contributed by atoms with E-state index >= 15 is 0 Å². The van der Waals surface area contributed by atoms with Gasteiger partial charge in [0.1, 0.15) is 24.6 Å². The predicted molar refractivity (Wildman–Crippen MR) is 253 cm³/mol. The molecule has 3 aliphatic rings. The van der Waals surface area contributed by atoms with Crippen LogP contribution in [-0.4, -0.2) is 94.3 Å². The van der Waals surface area contributed by atoms with Gasteiger partial charge in [0.2, 0.25) is 5.36 Å². The van der Waals surface area contributed by atoms with E-state index < -0.39 is 37.4 Å². The summed E-state index contributed by atoms with van der Waals surface area (Å²) in [7, 11) is -6.80. The van der Waals surface area contributed by atoms with Gasteiger partial charge in [0, 0.05) is 72.6 Å². The highest BCUT2D eigenvalue weighted by Crippen LogP contribution is 2.52. The molecule has 0 aromatic heterocycles. The molecule has 0 spiro atoms. The first kappa shape index (κ1) is 54.8. The number of fused-ring (bicyclic) bond motifs is 2. The lowest BCUT2D eigenvalue weighted by atomic mass is 9.75. The topological polar surface area (TPSA) is 204 Å². The average molecular weight is 919 g/mol. The third-order valence-corrected chi connectivity index (χ3v) is 12.2. The number of allylic oxidation sites excluding steroid dienone is 3. The van der Waals surface area contributed by atoms with Crippen molar-refractivity contribution in [1.29, 1.82) is 0 Å². The summed E-state index contributed by atoms with van der Waals surface area (Å²) in [5.74, 6) is -0.764. The summed E-state index contributed by atoms with van der Waals surface area (Å²) in [6.07, 6.45) is 8.18. The Balaban J connectivity index is 0.00000331. The fraction of sp³-hybridized carbons (Fsp3) is 0.553. The van der Waals surface area contributed by atoms with Crippen molar-refractivity contribution >= 4 is 43.9 Å². The highest BCUT2D eigenvalue weighted by Gasteiger charge is 2.45. The molecule has 14 nitrogen and oxygen atoms in total. The van der Waals surface area contributed by atoms with E-state index in [4.69, 9.17) is 9.15 Å². The molecule has 0 fully saturated rings. The van der Waals surface area contributed by atoms with Gasteiger partial charge in [0.15, 0.2) is 0 Å². The summed E-state index contributed by atoms with van der Waals surface area (Å²) in [5.41, 5.74) is 3.57. The zero-order valence-electron chi connectivity index (χ0n) is 39.0. The quantitative estimate of drug-likeness (QED) is 0.0454. The number of amides is 1. The second-order valence-electron chi connectivity index (χ2n) is 16.1. The Morgan fingerprint density at radius 3 is 2.21 bits per heavy atom. The number of carbonyl (C=O) groups excluding carboxylic acids is 1. The molecule has 63 heavy (non-hydrogen) atoms. The van der Waals surface area contributed by atoms with E-state index in [1.54, 1.807) is 13.2 Å². The number of benzene rings is 2. The Morgan fingerprint density at radius 2 is 1.60 bits per heavy atom. The van der Waals surface area contributed by atoms with Gasteiger partial charge in [0.05, 0.1) is 24.2 Å². The van der Waals surface area contributed by atoms with Crippen molar-refractivity contribution in [3.8, 4) is 11.3 Å². The van der Waals surface area contributed by atoms with E-state index in [1.807, 2.05) is 101 Å². The van der Waals surface area contributed by atoms with E-state index in [9.17, 15) is 40.6 Å². The molecule has 1 aliphatic carbocycles. The summed E-state index contributed by atoms with van der Waals surface area (Å²) in [5, 5.41) is 13.0. The molecule has 4 N–H and O–H groups in total. The van der Waals surface area contributed by atoms with Gasteiger partial charge in [-0.05, 0) is 86.9 Å². The second-order valence-corrected chi connectivity index (χ2v) is 19.3. The van der Waals surface area contributed by atoms with Crippen LogP contribution < -0.4 is 20.1 Å². The van der Waals surface area contributed by atoms with Gasteiger partial charge in [-0.2, -0.15) is 16.8 Å². The molecule has 1 amide bonds. The standard InChI is InChI=1S/C43H59N3O11S2.2C2H6/c1-7-45(24-14-28-59(53,54)55)31-20-21-33-35(42(2,3)4)30-32(57-37(33)29-31)15-11-18-38-43(5,22-13-27-58(50,51)52)40-34(41(49)44-23-26-56-6)16-12-17-36(40)46(38)25-10-8-9-19-39(47)48;2*1-2/h11-12,15-18,20-21,29-30H,7-10,13-14,19,22-28H2,1-6H3,(H3-,44,47,48,49,50,51,52,53,54,55);2*1-2H3/p+1. The van der Waals surface area contributed by atoms with Crippen LogP contribution in [0.25, 0.3) is 17.4 Å². The number of methoxy groups -OCH3 is 1. The fourth-order valence-corrected chi connectivity index (χ4v) is 8.79. The Kier molecular flexibility index (Phi) is 21.9. The van der Waals surface area contributed by atoms with E-state index in [-0.39, 0.29) is 49.3 Å². The van der Waals surface area contributed by atoms with Crippen molar-refractivity contribution in [3.63, 3.8) is 0 Å². The molecule has 1 aromatic carbocycles. The molecule has 1 atom stereocenters. The van der Waals surface area contributed by atoms with Crippen LogP contribution in [-0.2, 0) is 40.6 Å². The predicted octanol–water partition coefficient (Wildman–Crippen LogP) is 8.17. The number of aliphatic carboxylic acids is 1. The first-order valence-electron chi connectivity index (χ1n) is 22.0. The lowest BCUT2D eigenvalue weighted by Crippen LogP contribution is -2.32. The number of rotatable bonds is 21. The minimum Gasteiger partial charge on any atom is -0.481 e. The van der Waals surface area contributed by atoms with Crippen LogP contribution in [0.2, 0.25) is 0 Å². The highest BCUT2D eigenvalue weighted by atomic mass is 32.2. The van der Waals surface area contributed by atoms with Crippen molar-refractivity contribution in [2.45, 2.75) is 118 Å². The number of carbonyl (C=O) groups is 2. The largest absolute Gasteiger partial charge is 0.481 e. The maximum Gasteiger partial charge on any atom is 0.303 e. The van der Waals surface area contributed by atoms with Gasteiger partial charge in [-0.1, -0.05) is 67.0 Å². The van der Waals surface area contributed by atoms with Crippen LogP contribution in [0.1, 0.15) is 135 Å². The van der Waals surface area contributed by atoms with Crippen molar-refractivity contribution in [2.75, 3.05) is 56.3 Å². The van der Waals surface area contributed by atoms with Crippen molar-refractivity contribution in [3.05, 3.63) is 88.1 Å². The number of unbranched alkanes of at least 4 members (excludes halogenated alkanes) is 2. The minimum absolute atomic E-state index is 0.0545. The number of nitrogens with one attached hydrogen (secondary N) is 1. The monoisotopic (exact) mass is 918 g/mol. The van der Waals surface area contributed by atoms with Crippen LogP contribution in [0.15, 0.2) is 64.7 Å². The number of ether oxygens (including phenoxy) is 1. The first-order valence-corrected chi connectivity index (χ1v) is 25.3. The molecule has 0 bridgehead atoms. The molecule has 2 heterocycles. The van der Waals surface area contributed by atoms with Gasteiger partial charge in [-0.15, -0.1) is 0 Å². The Bertz CT molecular complexity index is 2290. The Labute approximate surface area is 376 Å². The van der Waals surface area contributed by atoms with Crippen LogP contribution in [0.4, 0.5) is 5.69 Å². The zero-order chi connectivity index (χ0) is 47.6. The molecule has 1 unspecified atom stereocenters. The van der Waals surface area contributed by atoms with Crippen LogP contribution in [0, 0.1) is 0 Å². The first-order chi connectivity index (χ1) is 29.7. The third-order valence-electron chi connectivity index (χ3n) is 10.6. The van der Waals surface area contributed by atoms with Crippen molar-refractivity contribution in [1.82, 2.24) is 9.89 Å². The van der Waals surface area contributed by atoms with Gasteiger partial charge in [-0.3, -0.25) is 18.7 Å². The maximum atomic E-state index is 13.7. The van der Waals surface area contributed by atoms with E-state index in [2.05, 4.69) is 31.0 Å². The van der Waals surface area contributed by atoms with E-state index in [0.29, 0.717) is 62.6 Å². The Morgan fingerprint density at radius 1 is 0.937 bits per heavy atom. The molecular weight excluding hydrogens is 847 g/mol. The van der Waals surface area contributed by atoms with Crippen LogP contribution in [0.5, 0.6) is 0 Å². The van der Waals surface area contributed by atoms with E-state index in [1.165, 1.54) is 0 Å². The van der Waals surface area contributed by atoms with Gasteiger partial charge < -0.3 is 24.5 Å². The van der Waals surface area contributed by atoms with Crippen molar-refractivity contribution in [2.24, 2.45) is 0 Å². The zero-order valence-corrected chi connectivity index (χ0v) is 40.6. The third kappa shape index (κ3) is 16.3. The normalized spacial score (nSPS) is 16.3. The summed E-state index contributed by atoms with van der Waals surface area (Å²) < 4.78 is 79.1. The van der Waals surface area contributed by atoms with E-state index in [0.717, 1.165) is 33.4 Å². The number of carboxylic acid groups (broad SMARTS) is 1. The Hall–Kier alpha value is -4.35. The number of anilines is 1. The van der Waals surface area contributed by atoms with Gasteiger partial charge in [-0.25, -0.2) is 4.58 Å². The fourth-order valence-electron chi connectivity index (χ4n) is 7.79. The molecule has 0 saturated heterocycles. The molecule has 0 saturated carbocycles. The maximum absolute atomic E-state index is 13.7. The second kappa shape index (κ2) is 25.2. The van der Waals surface area contributed by atoms with Gasteiger partial charge in [0.25, 0.3) is 26.1 Å². The molecule has 1 aromatic rings. The molecule has 0 radical (unpaired) electrons. The molecule has 16 heteroatoms.